The minimum atomic E-state index is -1.13. The van der Waals surface area contributed by atoms with Crippen LogP contribution in [0.4, 0.5) is 5.95 Å². The maximum absolute atomic E-state index is 11.8. The van der Waals surface area contributed by atoms with Gasteiger partial charge in [0.2, 0.25) is 0 Å². The van der Waals surface area contributed by atoms with Gasteiger partial charge in [-0.3, -0.25) is 9.36 Å². The van der Waals surface area contributed by atoms with Gasteiger partial charge in [-0.05, 0) is 0 Å². The molecule has 0 saturated carbocycles. The van der Waals surface area contributed by atoms with Gasteiger partial charge in [-0.2, -0.15) is 0 Å². The molecular weight excluding hydrogens is 270 g/mol. The molecule has 0 fully saturated rings. The van der Waals surface area contributed by atoms with Gasteiger partial charge in [-0.25, -0.2) is 14.3 Å². The Bertz CT molecular complexity index is 695. The third-order valence-corrected chi connectivity index (χ3v) is 2.47. The summed E-state index contributed by atoms with van der Waals surface area (Å²) in [7, 11) is 1.57. The molecular formula is C10H11N5O5. The molecule has 106 valence electrons. The number of fused-ring (bicyclic) bond motifs is 1. The van der Waals surface area contributed by atoms with E-state index in [1.807, 2.05) is 0 Å². The van der Waals surface area contributed by atoms with Crippen molar-refractivity contribution >= 4 is 29.1 Å². The van der Waals surface area contributed by atoms with E-state index in [0.29, 0.717) is 0 Å². The summed E-state index contributed by atoms with van der Waals surface area (Å²) in [4.78, 5) is 28.8. The summed E-state index contributed by atoms with van der Waals surface area (Å²) >= 11 is 0. The molecule has 0 aliphatic heterocycles. The monoisotopic (exact) mass is 281 g/mol. The van der Waals surface area contributed by atoms with E-state index < -0.39 is 24.4 Å². The van der Waals surface area contributed by atoms with Crippen molar-refractivity contribution in [1.29, 1.82) is 0 Å². The first kappa shape index (κ1) is 13.5. The summed E-state index contributed by atoms with van der Waals surface area (Å²) in [6.07, 6.45) is 1.41. The molecule has 3 N–H and O–H groups in total. The molecule has 0 atom stereocenters. The molecule has 0 aliphatic carbocycles. The summed E-state index contributed by atoms with van der Waals surface area (Å²) in [5.41, 5.74) is 0.273. The zero-order valence-corrected chi connectivity index (χ0v) is 10.4. The number of hydrogen-bond acceptors (Lipinski definition) is 6. The topological polar surface area (TPSA) is 144 Å². The molecule has 2 rings (SSSR count). The summed E-state index contributed by atoms with van der Waals surface area (Å²) in [5, 5.41) is 31.6. The van der Waals surface area contributed by atoms with E-state index in [9.17, 15) is 14.7 Å². The molecule has 20 heavy (non-hydrogen) atoms. The second-order valence-electron chi connectivity index (χ2n) is 4.02. The minimum Gasteiger partial charge on any atom is -0.856 e. The van der Waals surface area contributed by atoms with Crippen LogP contribution in [0.25, 0.3) is 11.2 Å². The van der Waals surface area contributed by atoms with Crippen LogP contribution >= 0.6 is 0 Å². The highest BCUT2D eigenvalue weighted by Crippen LogP contribution is 2.17. The Balaban J connectivity index is 2.49. The van der Waals surface area contributed by atoms with Gasteiger partial charge in [-0.1, -0.05) is 4.98 Å². The lowest BCUT2D eigenvalue weighted by molar-refractivity contribution is -0.662. The molecule has 10 nitrogen and oxygen atoms in total. The number of nitrogens with one attached hydrogen (secondary N) is 1. The van der Waals surface area contributed by atoms with Crippen molar-refractivity contribution < 1.29 is 29.5 Å². The van der Waals surface area contributed by atoms with Crippen LogP contribution in [0.15, 0.2) is 6.33 Å². The highest BCUT2D eigenvalue weighted by molar-refractivity contribution is 5.76. The first-order valence-corrected chi connectivity index (χ1v) is 5.49. The lowest BCUT2D eigenvalue weighted by atomic mass is 10.5. The third-order valence-electron chi connectivity index (χ3n) is 2.47. The van der Waals surface area contributed by atoms with Crippen molar-refractivity contribution in [3.63, 3.8) is 0 Å². The number of imidazole rings is 1. The van der Waals surface area contributed by atoms with Crippen LogP contribution in [0.1, 0.15) is 0 Å². The molecule has 0 amide bonds. The number of nitrogens with zero attached hydrogens (tertiary/aromatic N) is 4. The Hall–Kier alpha value is -2.91. The third kappa shape index (κ3) is 2.58. The van der Waals surface area contributed by atoms with Crippen LogP contribution in [0.2, 0.25) is 0 Å². The van der Waals surface area contributed by atoms with E-state index >= 15 is 0 Å². The fourth-order valence-corrected chi connectivity index (χ4v) is 1.75. The van der Waals surface area contributed by atoms with E-state index in [1.165, 1.54) is 15.5 Å². The van der Waals surface area contributed by atoms with Crippen LogP contribution in [0.3, 0.4) is 0 Å². The second kappa shape index (κ2) is 4.99. The molecule has 2 aromatic heterocycles. The van der Waals surface area contributed by atoms with Crippen molar-refractivity contribution in [3.05, 3.63) is 6.33 Å². The summed E-state index contributed by atoms with van der Waals surface area (Å²) < 4.78 is 2.69. The molecule has 0 aliphatic rings. The van der Waals surface area contributed by atoms with Crippen LogP contribution in [0.5, 0.6) is 5.88 Å². The van der Waals surface area contributed by atoms with E-state index in [0.717, 1.165) is 0 Å². The smallest absolute Gasteiger partial charge is 0.338 e. The Morgan fingerprint density at radius 1 is 1.40 bits per heavy atom. The van der Waals surface area contributed by atoms with Gasteiger partial charge in [0.05, 0.1) is 7.05 Å². The average molecular weight is 281 g/mol. The van der Waals surface area contributed by atoms with E-state index in [2.05, 4.69) is 15.3 Å². The lowest BCUT2D eigenvalue weighted by Gasteiger charge is -2.05. The maximum atomic E-state index is 11.8. The van der Waals surface area contributed by atoms with Gasteiger partial charge >= 0.3 is 17.6 Å². The maximum Gasteiger partial charge on any atom is 0.338 e. The van der Waals surface area contributed by atoms with Gasteiger partial charge in [0.25, 0.3) is 5.95 Å². The molecule has 0 unspecified atom stereocenters. The zero-order chi connectivity index (χ0) is 14.9. The Labute approximate surface area is 111 Å². The van der Waals surface area contributed by atoms with Crippen molar-refractivity contribution in [3.8, 4) is 5.88 Å². The summed E-state index contributed by atoms with van der Waals surface area (Å²) in [6.45, 7) is -0.817. The number of anilines is 1. The number of aryl methyl sites for hydroxylation is 1. The van der Waals surface area contributed by atoms with Crippen molar-refractivity contribution in [2.75, 3.05) is 11.9 Å². The van der Waals surface area contributed by atoms with E-state index in [4.69, 9.17) is 10.2 Å². The standard InChI is InChI=1S/C10H11N5O5/c1-14-4-15(3-6(18)19)8-7(14)9(20)13-10(12-8)11-2-5(16)17/h4H,2-3H2,1H3,(H3-,11,12,13,16,17,18,19,20). The van der Waals surface area contributed by atoms with Crippen molar-refractivity contribution in [2.45, 2.75) is 6.54 Å². The van der Waals surface area contributed by atoms with E-state index in [-0.39, 0.29) is 23.7 Å². The first-order valence-electron chi connectivity index (χ1n) is 5.49. The molecule has 2 aromatic rings. The van der Waals surface area contributed by atoms with Crippen molar-refractivity contribution in [1.82, 2.24) is 14.5 Å². The highest BCUT2D eigenvalue weighted by Gasteiger charge is 2.20. The lowest BCUT2D eigenvalue weighted by Crippen LogP contribution is -2.37. The molecule has 0 radical (unpaired) electrons. The van der Waals surface area contributed by atoms with E-state index in [1.54, 1.807) is 7.05 Å². The quantitative estimate of drug-likeness (QED) is 0.529. The minimum absolute atomic E-state index is 0.128. The molecule has 2 heterocycles. The molecule has 0 bridgehead atoms. The summed E-state index contributed by atoms with van der Waals surface area (Å²) in [6, 6.07) is 0. The van der Waals surface area contributed by atoms with Gasteiger partial charge in [0.1, 0.15) is 6.54 Å². The fourth-order valence-electron chi connectivity index (χ4n) is 1.75. The van der Waals surface area contributed by atoms with Crippen molar-refractivity contribution in [2.24, 2.45) is 7.05 Å². The predicted octanol–water partition coefficient (Wildman–Crippen LogP) is -2.09. The van der Waals surface area contributed by atoms with Gasteiger partial charge in [0, 0.05) is 5.88 Å². The number of hydrogen-bond donors (Lipinski definition) is 3. The number of aliphatic carboxylic acids is 2. The van der Waals surface area contributed by atoms with Gasteiger partial charge in [0.15, 0.2) is 18.4 Å². The van der Waals surface area contributed by atoms with Gasteiger partial charge < -0.3 is 20.6 Å². The number of rotatable bonds is 5. The molecule has 0 aromatic carbocycles. The Kier molecular flexibility index (Phi) is 3.37. The SMILES string of the molecule is Cn1c[n+](CC(=O)O)c2nc(NCC(=O)O)nc([O-])c21. The largest absolute Gasteiger partial charge is 0.856 e. The highest BCUT2D eigenvalue weighted by atomic mass is 16.4. The molecule has 0 spiro atoms. The van der Waals surface area contributed by atoms with Crippen LogP contribution < -0.4 is 15.0 Å². The molecule has 10 heteroatoms. The predicted molar refractivity (Wildman–Crippen MR) is 61.9 cm³/mol. The van der Waals surface area contributed by atoms with Crippen LogP contribution in [-0.2, 0) is 23.2 Å². The Morgan fingerprint density at radius 3 is 2.70 bits per heavy atom. The van der Waals surface area contributed by atoms with Crippen LogP contribution in [0, 0.1) is 0 Å². The number of aromatic nitrogens is 4. The fraction of sp³-hybridized carbons (Fsp3) is 0.300. The van der Waals surface area contributed by atoms with Crippen LogP contribution in [-0.4, -0.2) is 43.2 Å². The average Bonchev–Trinajstić information content (AvgIpc) is 2.63. The molecule has 0 saturated heterocycles. The second-order valence-corrected chi connectivity index (χ2v) is 4.02. The Morgan fingerprint density at radius 2 is 2.10 bits per heavy atom. The summed E-state index contributed by atoms with van der Waals surface area (Å²) in [5.74, 6) is -2.99. The zero-order valence-electron chi connectivity index (χ0n) is 10.4. The number of carboxylic acid groups (broad SMARTS) is 2. The number of carbonyl (C=O) groups is 2. The number of carboxylic acids is 2. The van der Waals surface area contributed by atoms with Gasteiger partial charge in [-0.15, -0.1) is 0 Å². The first-order chi connectivity index (χ1) is 9.38. The normalized spacial score (nSPS) is 10.7.